The van der Waals surface area contributed by atoms with Crippen LogP contribution in [0.1, 0.15) is 16.7 Å². The minimum Gasteiger partial charge on any atom is -0.314 e. The van der Waals surface area contributed by atoms with Crippen LogP contribution in [-0.4, -0.2) is 31.1 Å². The second kappa shape index (κ2) is 5.30. The van der Waals surface area contributed by atoms with Crippen LogP contribution in [0.2, 0.25) is 0 Å². The van der Waals surface area contributed by atoms with Gasteiger partial charge in [-0.15, -0.1) is 0 Å². The average molecular weight is 283 g/mol. The van der Waals surface area contributed by atoms with Crippen molar-refractivity contribution in [1.29, 1.82) is 0 Å². The third kappa shape index (κ3) is 2.65. The van der Waals surface area contributed by atoms with Crippen molar-refractivity contribution in [3.8, 4) is 0 Å². The first kappa shape index (κ1) is 12.1. The Morgan fingerprint density at radius 2 is 1.81 bits per heavy atom. The van der Waals surface area contributed by atoms with Crippen molar-refractivity contribution in [1.82, 2.24) is 10.2 Å². The summed E-state index contributed by atoms with van der Waals surface area (Å²) in [6, 6.07) is 4.40. The first-order valence-electron chi connectivity index (χ1n) is 5.86. The number of halogens is 1. The van der Waals surface area contributed by atoms with Crippen LogP contribution in [0.5, 0.6) is 0 Å². The third-order valence-corrected chi connectivity index (χ3v) is 4.37. The number of hydrogen-bond donors (Lipinski definition) is 1. The van der Waals surface area contributed by atoms with Crippen LogP contribution in [0.25, 0.3) is 0 Å². The van der Waals surface area contributed by atoms with Gasteiger partial charge in [0, 0.05) is 37.2 Å². The lowest BCUT2D eigenvalue weighted by molar-refractivity contribution is 0.232. The molecule has 0 aromatic heterocycles. The molecule has 3 heteroatoms. The number of hydrogen-bond acceptors (Lipinski definition) is 2. The molecular formula is C13H19BrN2. The van der Waals surface area contributed by atoms with E-state index in [1.807, 2.05) is 0 Å². The van der Waals surface area contributed by atoms with E-state index in [-0.39, 0.29) is 0 Å². The monoisotopic (exact) mass is 282 g/mol. The SMILES string of the molecule is Cc1ccc(C)c(CN2CCNCC2)c1Br. The molecule has 0 radical (unpaired) electrons. The van der Waals surface area contributed by atoms with Crippen LogP contribution in [0, 0.1) is 13.8 Å². The quantitative estimate of drug-likeness (QED) is 0.897. The number of aryl methyl sites for hydroxylation is 2. The van der Waals surface area contributed by atoms with E-state index in [4.69, 9.17) is 0 Å². The molecule has 0 saturated carbocycles. The number of benzene rings is 1. The van der Waals surface area contributed by atoms with Gasteiger partial charge in [-0.1, -0.05) is 28.1 Å². The molecule has 1 aliphatic heterocycles. The van der Waals surface area contributed by atoms with Crippen molar-refractivity contribution < 1.29 is 0 Å². The fourth-order valence-electron chi connectivity index (χ4n) is 2.12. The van der Waals surface area contributed by atoms with Crippen molar-refractivity contribution in [3.63, 3.8) is 0 Å². The minimum absolute atomic E-state index is 1.07. The lowest BCUT2D eigenvalue weighted by Gasteiger charge is -2.28. The number of rotatable bonds is 2. The zero-order valence-electron chi connectivity index (χ0n) is 10.0. The summed E-state index contributed by atoms with van der Waals surface area (Å²) >= 11 is 3.72. The standard InChI is InChI=1S/C13H19BrN2/c1-10-3-4-11(2)13(14)12(10)9-16-7-5-15-6-8-16/h3-4,15H,5-9H2,1-2H3. The summed E-state index contributed by atoms with van der Waals surface area (Å²) in [5.74, 6) is 0. The van der Waals surface area contributed by atoms with Crippen molar-refractivity contribution in [2.24, 2.45) is 0 Å². The van der Waals surface area contributed by atoms with Gasteiger partial charge in [-0.05, 0) is 30.5 Å². The normalized spacial score (nSPS) is 17.7. The van der Waals surface area contributed by atoms with Gasteiger partial charge in [-0.2, -0.15) is 0 Å². The van der Waals surface area contributed by atoms with Gasteiger partial charge in [0.1, 0.15) is 0 Å². The fourth-order valence-corrected chi connectivity index (χ4v) is 2.69. The molecule has 1 aromatic rings. The molecule has 1 N–H and O–H groups in total. The summed E-state index contributed by atoms with van der Waals surface area (Å²) in [7, 11) is 0. The Morgan fingerprint density at radius 1 is 1.19 bits per heavy atom. The number of nitrogens with one attached hydrogen (secondary N) is 1. The van der Waals surface area contributed by atoms with Crippen molar-refractivity contribution >= 4 is 15.9 Å². The van der Waals surface area contributed by atoms with Crippen molar-refractivity contribution in [2.75, 3.05) is 26.2 Å². The molecule has 1 aliphatic rings. The summed E-state index contributed by atoms with van der Waals surface area (Å²) in [4.78, 5) is 2.52. The van der Waals surface area contributed by atoms with E-state index in [1.165, 1.54) is 21.2 Å². The van der Waals surface area contributed by atoms with Gasteiger partial charge in [0.15, 0.2) is 0 Å². The maximum atomic E-state index is 3.72. The van der Waals surface area contributed by atoms with Gasteiger partial charge in [0.05, 0.1) is 0 Å². The molecule has 0 atom stereocenters. The van der Waals surface area contributed by atoms with Crippen LogP contribution < -0.4 is 5.32 Å². The smallest absolute Gasteiger partial charge is 0.0252 e. The highest BCUT2D eigenvalue weighted by atomic mass is 79.9. The topological polar surface area (TPSA) is 15.3 Å². The van der Waals surface area contributed by atoms with Gasteiger partial charge in [-0.25, -0.2) is 0 Å². The second-order valence-electron chi connectivity index (χ2n) is 4.52. The molecule has 2 rings (SSSR count). The minimum atomic E-state index is 1.07. The van der Waals surface area contributed by atoms with E-state index < -0.39 is 0 Å². The third-order valence-electron chi connectivity index (χ3n) is 3.26. The maximum absolute atomic E-state index is 3.72. The first-order chi connectivity index (χ1) is 7.68. The molecule has 0 bridgehead atoms. The molecule has 1 aromatic carbocycles. The van der Waals surface area contributed by atoms with E-state index in [1.54, 1.807) is 0 Å². The highest BCUT2D eigenvalue weighted by Crippen LogP contribution is 2.25. The van der Waals surface area contributed by atoms with E-state index in [0.29, 0.717) is 0 Å². The zero-order valence-corrected chi connectivity index (χ0v) is 11.6. The Balaban J connectivity index is 2.16. The van der Waals surface area contributed by atoms with Gasteiger partial charge >= 0.3 is 0 Å². The lowest BCUT2D eigenvalue weighted by Crippen LogP contribution is -2.43. The molecule has 0 aliphatic carbocycles. The highest BCUT2D eigenvalue weighted by molar-refractivity contribution is 9.10. The molecule has 1 saturated heterocycles. The van der Waals surface area contributed by atoms with E-state index in [0.717, 1.165) is 32.7 Å². The molecule has 0 amide bonds. The maximum Gasteiger partial charge on any atom is 0.0252 e. The van der Waals surface area contributed by atoms with Crippen LogP contribution in [0.3, 0.4) is 0 Å². The Hall–Kier alpha value is -0.380. The number of nitrogens with zero attached hydrogens (tertiary/aromatic N) is 1. The highest BCUT2D eigenvalue weighted by Gasteiger charge is 2.13. The lowest BCUT2D eigenvalue weighted by atomic mass is 10.0. The van der Waals surface area contributed by atoms with Gasteiger partial charge in [0.25, 0.3) is 0 Å². The summed E-state index contributed by atoms with van der Waals surface area (Å²) in [6.45, 7) is 9.95. The molecular weight excluding hydrogens is 264 g/mol. The van der Waals surface area contributed by atoms with Gasteiger partial charge < -0.3 is 5.32 Å². The summed E-state index contributed by atoms with van der Waals surface area (Å²) in [6.07, 6.45) is 0. The fraction of sp³-hybridized carbons (Fsp3) is 0.538. The predicted molar refractivity (Wildman–Crippen MR) is 71.8 cm³/mol. The zero-order chi connectivity index (χ0) is 11.5. The Labute approximate surface area is 106 Å². The van der Waals surface area contributed by atoms with E-state index in [2.05, 4.69) is 52.1 Å². The molecule has 0 spiro atoms. The molecule has 1 heterocycles. The van der Waals surface area contributed by atoms with E-state index in [9.17, 15) is 0 Å². The average Bonchev–Trinajstić information content (AvgIpc) is 2.31. The number of piperazine rings is 1. The van der Waals surface area contributed by atoms with Crippen molar-refractivity contribution in [3.05, 3.63) is 33.3 Å². The summed E-state index contributed by atoms with van der Waals surface area (Å²) in [5, 5.41) is 3.39. The predicted octanol–water partition coefficient (Wildman–Crippen LogP) is 2.47. The van der Waals surface area contributed by atoms with Crippen LogP contribution in [0.15, 0.2) is 16.6 Å². The Kier molecular flexibility index (Phi) is 4.00. The first-order valence-corrected chi connectivity index (χ1v) is 6.65. The summed E-state index contributed by atoms with van der Waals surface area (Å²) < 4.78 is 1.28. The van der Waals surface area contributed by atoms with Crippen molar-refractivity contribution in [2.45, 2.75) is 20.4 Å². The molecule has 16 heavy (non-hydrogen) atoms. The second-order valence-corrected chi connectivity index (χ2v) is 5.31. The molecule has 88 valence electrons. The molecule has 2 nitrogen and oxygen atoms in total. The van der Waals surface area contributed by atoms with Crippen LogP contribution in [-0.2, 0) is 6.54 Å². The Bertz CT molecular complexity index is 370. The van der Waals surface area contributed by atoms with Crippen LogP contribution >= 0.6 is 15.9 Å². The van der Waals surface area contributed by atoms with Crippen LogP contribution in [0.4, 0.5) is 0 Å². The molecule has 0 unspecified atom stereocenters. The van der Waals surface area contributed by atoms with E-state index >= 15 is 0 Å². The largest absolute Gasteiger partial charge is 0.314 e. The van der Waals surface area contributed by atoms with Gasteiger partial charge in [0.2, 0.25) is 0 Å². The Morgan fingerprint density at radius 3 is 2.50 bits per heavy atom. The molecule has 1 fully saturated rings. The van der Waals surface area contributed by atoms with Gasteiger partial charge in [-0.3, -0.25) is 4.90 Å². The summed E-state index contributed by atoms with van der Waals surface area (Å²) in [5.41, 5.74) is 4.16.